The fraction of sp³-hybridized carbons (Fsp3) is 0.353. The molecule has 1 aromatic carbocycles. The van der Waals surface area contributed by atoms with Crippen molar-refractivity contribution in [3.8, 4) is 0 Å². The van der Waals surface area contributed by atoms with E-state index in [4.69, 9.17) is 10.2 Å². The third-order valence-corrected chi connectivity index (χ3v) is 3.81. The van der Waals surface area contributed by atoms with Gasteiger partial charge in [-0.25, -0.2) is 0 Å². The zero-order chi connectivity index (χ0) is 15.2. The molecule has 0 saturated heterocycles. The van der Waals surface area contributed by atoms with Crippen molar-refractivity contribution in [3.05, 3.63) is 60.1 Å². The van der Waals surface area contributed by atoms with E-state index in [0.717, 1.165) is 12.0 Å². The lowest BCUT2D eigenvalue weighted by Crippen LogP contribution is -2.46. The van der Waals surface area contributed by atoms with Crippen LogP contribution in [0.25, 0.3) is 0 Å². The molecule has 0 fully saturated rings. The molecule has 21 heavy (non-hydrogen) atoms. The van der Waals surface area contributed by atoms with Crippen LogP contribution in [0.5, 0.6) is 0 Å². The molecule has 2 aromatic rings. The molecule has 2 unspecified atom stereocenters. The molecule has 3 atom stereocenters. The van der Waals surface area contributed by atoms with Gasteiger partial charge in [-0.2, -0.15) is 0 Å². The van der Waals surface area contributed by atoms with Crippen molar-refractivity contribution in [1.82, 2.24) is 5.32 Å². The number of hydrogen-bond acceptors (Lipinski definition) is 3. The quantitative estimate of drug-likeness (QED) is 0.858. The zero-order valence-electron chi connectivity index (χ0n) is 12.5. The Morgan fingerprint density at radius 1 is 1.24 bits per heavy atom. The van der Waals surface area contributed by atoms with Crippen molar-refractivity contribution < 1.29 is 9.21 Å². The van der Waals surface area contributed by atoms with Gasteiger partial charge in [0.2, 0.25) is 5.91 Å². The van der Waals surface area contributed by atoms with E-state index >= 15 is 0 Å². The van der Waals surface area contributed by atoms with Gasteiger partial charge in [-0.05, 0) is 23.6 Å². The first kappa shape index (κ1) is 15.3. The summed E-state index contributed by atoms with van der Waals surface area (Å²) in [5, 5.41) is 2.99. The fourth-order valence-corrected chi connectivity index (χ4v) is 2.17. The van der Waals surface area contributed by atoms with E-state index in [0.29, 0.717) is 5.76 Å². The van der Waals surface area contributed by atoms with Crippen molar-refractivity contribution in [2.24, 2.45) is 11.7 Å². The number of nitrogens with two attached hydrogens (primary N) is 1. The van der Waals surface area contributed by atoms with Gasteiger partial charge in [0.25, 0.3) is 0 Å². The van der Waals surface area contributed by atoms with Gasteiger partial charge in [0.05, 0.1) is 12.3 Å². The van der Waals surface area contributed by atoms with Crippen molar-refractivity contribution in [3.63, 3.8) is 0 Å². The summed E-state index contributed by atoms with van der Waals surface area (Å²) in [6.07, 6.45) is 2.47. The van der Waals surface area contributed by atoms with Crippen LogP contribution in [0.4, 0.5) is 0 Å². The first-order valence-electron chi connectivity index (χ1n) is 7.27. The number of furan rings is 1. The molecular formula is C17H22N2O2. The Bertz CT molecular complexity index is 551. The Morgan fingerprint density at radius 3 is 2.52 bits per heavy atom. The first-order valence-corrected chi connectivity index (χ1v) is 7.27. The maximum absolute atomic E-state index is 12.3. The number of nitrogens with one attached hydrogen (secondary N) is 1. The Kier molecular flexibility index (Phi) is 5.17. The van der Waals surface area contributed by atoms with Crippen LogP contribution in [0, 0.1) is 5.92 Å². The Morgan fingerprint density at radius 2 is 1.95 bits per heavy atom. The van der Waals surface area contributed by atoms with Crippen molar-refractivity contribution in [2.75, 3.05) is 0 Å². The summed E-state index contributed by atoms with van der Waals surface area (Å²) in [5.74, 6) is 0.679. The van der Waals surface area contributed by atoms with Crippen molar-refractivity contribution in [1.29, 1.82) is 0 Å². The number of rotatable bonds is 6. The number of carbonyl (C=O) groups excluding carboxylic acids is 1. The Hall–Kier alpha value is -2.07. The van der Waals surface area contributed by atoms with E-state index in [2.05, 4.69) is 5.32 Å². The molecule has 4 nitrogen and oxygen atoms in total. The van der Waals surface area contributed by atoms with Gasteiger partial charge < -0.3 is 15.5 Å². The fourth-order valence-electron chi connectivity index (χ4n) is 2.17. The Labute approximate surface area is 125 Å². The standard InChI is InChI=1S/C17H22N2O2/c1-3-12(2)15(18)17(20)19-16(14-10-7-11-21-14)13-8-5-4-6-9-13/h4-12,15-16H,3,18H2,1-2H3,(H,19,20)/t12?,15-,16?/m0/s1. The predicted octanol–water partition coefficient (Wildman–Crippen LogP) is 2.86. The van der Waals surface area contributed by atoms with Crippen LogP contribution < -0.4 is 11.1 Å². The molecule has 0 radical (unpaired) electrons. The lowest BCUT2D eigenvalue weighted by atomic mass is 9.98. The highest BCUT2D eigenvalue weighted by atomic mass is 16.3. The molecule has 0 spiro atoms. The molecule has 4 heteroatoms. The van der Waals surface area contributed by atoms with Crippen molar-refractivity contribution >= 4 is 5.91 Å². The number of hydrogen-bond donors (Lipinski definition) is 2. The van der Waals surface area contributed by atoms with Gasteiger partial charge >= 0.3 is 0 Å². The molecule has 2 rings (SSSR count). The molecular weight excluding hydrogens is 264 g/mol. The third kappa shape index (κ3) is 3.73. The molecule has 1 heterocycles. The maximum Gasteiger partial charge on any atom is 0.238 e. The molecule has 0 bridgehead atoms. The summed E-state index contributed by atoms with van der Waals surface area (Å²) in [6.45, 7) is 4.01. The summed E-state index contributed by atoms with van der Waals surface area (Å²) in [6, 6.07) is 12.6. The minimum atomic E-state index is -0.517. The molecule has 112 valence electrons. The highest BCUT2D eigenvalue weighted by molar-refractivity contribution is 5.82. The Balaban J connectivity index is 2.20. The second-order valence-electron chi connectivity index (χ2n) is 5.28. The summed E-state index contributed by atoms with van der Waals surface area (Å²) < 4.78 is 5.46. The molecule has 1 aromatic heterocycles. The van der Waals surface area contributed by atoms with Gasteiger partial charge in [-0.3, -0.25) is 4.79 Å². The van der Waals surface area contributed by atoms with E-state index in [9.17, 15) is 4.79 Å². The highest BCUT2D eigenvalue weighted by Crippen LogP contribution is 2.22. The van der Waals surface area contributed by atoms with Crippen molar-refractivity contribution in [2.45, 2.75) is 32.4 Å². The van der Waals surface area contributed by atoms with Gasteiger partial charge in [0.1, 0.15) is 11.8 Å². The van der Waals surface area contributed by atoms with Crippen LogP contribution in [0.3, 0.4) is 0 Å². The zero-order valence-corrected chi connectivity index (χ0v) is 12.5. The van der Waals surface area contributed by atoms with E-state index in [1.54, 1.807) is 6.26 Å². The largest absolute Gasteiger partial charge is 0.467 e. The van der Waals surface area contributed by atoms with Gasteiger partial charge in [-0.15, -0.1) is 0 Å². The van der Waals surface area contributed by atoms with Crippen LogP contribution in [0.1, 0.15) is 37.6 Å². The second-order valence-corrected chi connectivity index (χ2v) is 5.28. The first-order chi connectivity index (χ1) is 10.1. The van der Waals surface area contributed by atoms with Crippen LogP contribution in [-0.4, -0.2) is 11.9 Å². The highest BCUT2D eigenvalue weighted by Gasteiger charge is 2.25. The monoisotopic (exact) mass is 286 g/mol. The number of benzene rings is 1. The molecule has 1 amide bonds. The topological polar surface area (TPSA) is 68.3 Å². The average molecular weight is 286 g/mol. The van der Waals surface area contributed by atoms with Crippen LogP contribution in [0.2, 0.25) is 0 Å². The number of amides is 1. The lowest BCUT2D eigenvalue weighted by molar-refractivity contribution is -0.124. The van der Waals surface area contributed by atoms with Crippen LogP contribution in [-0.2, 0) is 4.79 Å². The van der Waals surface area contributed by atoms with E-state index in [1.807, 2.05) is 56.3 Å². The van der Waals surface area contributed by atoms with Gasteiger partial charge in [-0.1, -0.05) is 50.6 Å². The van der Waals surface area contributed by atoms with E-state index < -0.39 is 6.04 Å². The number of carbonyl (C=O) groups is 1. The normalized spacial score (nSPS) is 15.2. The summed E-state index contributed by atoms with van der Waals surface area (Å²) in [7, 11) is 0. The minimum absolute atomic E-state index is 0.137. The van der Waals surface area contributed by atoms with Gasteiger partial charge in [0.15, 0.2) is 0 Å². The third-order valence-electron chi connectivity index (χ3n) is 3.81. The smallest absolute Gasteiger partial charge is 0.238 e. The SMILES string of the molecule is CCC(C)[C@H](N)C(=O)NC(c1ccccc1)c1ccco1. The molecule has 0 aliphatic heterocycles. The summed E-state index contributed by atoms with van der Waals surface area (Å²) in [4.78, 5) is 12.3. The van der Waals surface area contributed by atoms with Gasteiger partial charge in [0, 0.05) is 0 Å². The summed E-state index contributed by atoms with van der Waals surface area (Å²) in [5.41, 5.74) is 6.98. The maximum atomic E-state index is 12.3. The minimum Gasteiger partial charge on any atom is -0.467 e. The van der Waals surface area contributed by atoms with Crippen LogP contribution >= 0.6 is 0 Å². The molecule has 3 N–H and O–H groups in total. The predicted molar refractivity (Wildman–Crippen MR) is 82.6 cm³/mol. The van der Waals surface area contributed by atoms with E-state index in [-0.39, 0.29) is 17.9 Å². The second kappa shape index (κ2) is 7.09. The lowest BCUT2D eigenvalue weighted by Gasteiger charge is -2.22. The summed E-state index contributed by atoms with van der Waals surface area (Å²) >= 11 is 0. The van der Waals surface area contributed by atoms with Crippen LogP contribution in [0.15, 0.2) is 53.1 Å². The molecule has 0 saturated carbocycles. The van der Waals surface area contributed by atoms with E-state index in [1.165, 1.54) is 0 Å². The molecule has 0 aliphatic carbocycles. The molecule has 0 aliphatic rings. The average Bonchev–Trinajstić information content (AvgIpc) is 3.05.